The van der Waals surface area contributed by atoms with Gasteiger partial charge in [-0.3, -0.25) is 0 Å². The maximum Gasteiger partial charge on any atom is 0.124 e. The van der Waals surface area contributed by atoms with E-state index in [4.69, 9.17) is 5.73 Å². The molecule has 3 N–H and O–H groups in total. The van der Waals surface area contributed by atoms with Gasteiger partial charge < -0.3 is 10.8 Å². The molecule has 2 nitrogen and oxygen atoms in total. The number of rotatable bonds is 1. The molecular formula is C16H25NO. The van der Waals surface area contributed by atoms with Gasteiger partial charge in [0.1, 0.15) is 5.75 Å². The number of para-hydroxylation sites is 1. The van der Waals surface area contributed by atoms with Crippen LogP contribution in [0.5, 0.6) is 5.75 Å². The number of phenolic OH excluding ortho intramolecular Hbond substituents is 1. The number of phenols is 1. The van der Waals surface area contributed by atoms with Crippen molar-refractivity contribution in [2.75, 3.05) is 0 Å². The quantitative estimate of drug-likeness (QED) is 0.792. The third-order valence-corrected chi connectivity index (χ3v) is 4.13. The lowest BCUT2D eigenvalue weighted by Gasteiger charge is -2.35. The molecule has 1 aliphatic rings. The van der Waals surface area contributed by atoms with Gasteiger partial charge in [-0.15, -0.1) is 0 Å². The zero-order valence-electron chi connectivity index (χ0n) is 11.8. The molecule has 0 atom stereocenters. The van der Waals surface area contributed by atoms with Crippen LogP contribution in [-0.4, -0.2) is 5.11 Å². The molecule has 18 heavy (non-hydrogen) atoms. The third-order valence-electron chi connectivity index (χ3n) is 4.13. The highest BCUT2D eigenvalue weighted by atomic mass is 16.3. The molecule has 0 heterocycles. The minimum atomic E-state index is -0.330. The van der Waals surface area contributed by atoms with Gasteiger partial charge in [0.25, 0.3) is 0 Å². The van der Waals surface area contributed by atoms with Crippen LogP contribution in [0.3, 0.4) is 0 Å². The van der Waals surface area contributed by atoms with Crippen LogP contribution in [0.4, 0.5) is 0 Å². The standard InChI is InChI=1S/C16H25NO/c1-15(2,3)12-8-7-9-13(14(12)18)16(17)10-5-4-6-11-16/h7-9,18H,4-6,10-11,17H2,1-3H3. The predicted molar refractivity (Wildman–Crippen MR) is 75.8 cm³/mol. The Morgan fingerprint density at radius 2 is 1.72 bits per heavy atom. The van der Waals surface area contributed by atoms with Crippen molar-refractivity contribution < 1.29 is 5.11 Å². The minimum Gasteiger partial charge on any atom is -0.507 e. The van der Waals surface area contributed by atoms with Crippen LogP contribution in [0.25, 0.3) is 0 Å². The highest BCUT2D eigenvalue weighted by Gasteiger charge is 2.33. The van der Waals surface area contributed by atoms with E-state index >= 15 is 0 Å². The lowest BCUT2D eigenvalue weighted by Crippen LogP contribution is -2.38. The summed E-state index contributed by atoms with van der Waals surface area (Å²) in [6.07, 6.45) is 5.55. The number of benzene rings is 1. The Kier molecular flexibility index (Phi) is 3.41. The fourth-order valence-electron chi connectivity index (χ4n) is 3.00. The highest BCUT2D eigenvalue weighted by Crippen LogP contribution is 2.42. The van der Waals surface area contributed by atoms with E-state index < -0.39 is 0 Å². The molecule has 0 bridgehead atoms. The Morgan fingerprint density at radius 1 is 1.11 bits per heavy atom. The molecule has 0 radical (unpaired) electrons. The predicted octanol–water partition coefficient (Wildman–Crippen LogP) is 3.81. The summed E-state index contributed by atoms with van der Waals surface area (Å²) in [5, 5.41) is 10.6. The fourth-order valence-corrected chi connectivity index (χ4v) is 3.00. The molecule has 1 saturated carbocycles. The smallest absolute Gasteiger partial charge is 0.124 e. The van der Waals surface area contributed by atoms with Crippen LogP contribution in [0.1, 0.15) is 64.0 Å². The topological polar surface area (TPSA) is 46.2 Å². The van der Waals surface area contributed by atoms with E-state index in [-0.39, 0.29) is 11.0 Å². The van der Waals surface area contributed by atoms with E-state index in [1.807, 2.05) is 18.2 Å². The van der Waals surface area contributed by atoms with Gasteiger partial charge in [0.15, 0.2) is 0 Å². The maximum atomic E-state index is 10.6. The van der Waals surface area contributed by atoms with E-state index in [9.17, 15) is 5.11 Å². The molecule has 0 saturated heterocycles. The van der Waals surface area contributed by atoms with Gasteiger partial charge in [-0.25, -0.2) is 0 Å². The molecule has 0 amide bonds. The maximum absolute atomic E-state index is 10.6. The van der Waals surface area contributed by atoms with E-state index in [0.717, 1.165) is 36.8 Å². The normalized spacial score (nSPS) is 19.8. The van der Waals surface area contributed by atoms with Crippen molar-refractivity contribution in [3.63, 3.8) is 0 Å². The first-order valence-corrected chi connectivity index (χ1v) is 6.96. The van der Waals surface area contributed by atoms with Gasteiger partial charge in [-0.1, -0.05) is 58.2 Å². The van der Waals surface area contributed by atoms with E-state index in [0.29, 0.717) is 5.75 Å². The summed E-state index contributed by atoms with van der Waals surface area (Å²) in [6.45, 7) is 6.36. The molecule has 0 unspecified atom stereocenters. The molecule has 1 aromatic carbocycles. The van der Waals surface area contributed by atoms with E-state index in [2.05, 4.69) is 20.8 Å². The van der Waals surface area contributed by atoms with Crippen molar-refractivity contribution in [3.8, 4) is 5.75 Å². The van der Waals surface area contributed by atoms with E-state index in [1.54, 1.807) is 0 Å². The number of hydrogen-bond donors (Lipinski definition) is 2. The molecule has 1 aromatic rings. The zero-order valence-corrected chi connectivity index (χ0v) is 11.8. The van der Waals surface area contributed by atoms with Crippen LogP contribution < -0.4 is 5.73 Å². The zero-order chi connectivity index (χ0) is 13.4. The van der Waals surface area contributed by atoms with Crippen LogP contribution in [-0.2, 0) is 11.0 Å². The second-order valence-electron chi connectivity index (χ2n) is 6.67. The van der Waals surface area contributed by atoms with Crippen molar-refractivity contribution in [2.45, 2.75) is 63.8 Å². The van der Waals surface area contributed by atoms with Gasteiger partial charge in [0.2, 0.25) is 0 Å². The minimum absolute atomic E-state index is 0.0505. The number of hydrogen-bond acceptors (Lipinski definition) is 2. The molecular weight excluding hydrogens is 222 g/mol. The lowest BCUT2D eigenvalue weighted by atomic mass is 9.75. The Bertz CT molecular complexity index is 425. The average Bonchev–Trinajstić information content (AvgIpc) is 2.28. The molecule has 2 rings (SSSR count). The number of aromatic hydroxyl groups is 1. The summed E-state index contributed by atoms with van der Waals surface area (Å²) >= 11 is 0. The van der Waals surface area contributed by atoms with Crippen molar-refractivity contribution in [2.24, 2.45) is 5.73 Å². The Labute approximate surface area is 110 Å². The largest absolute Gasteiger partial charge is 0.507 e. The Morgan fingerprint density at radius 3 is 2.28 bits per heavy atom. The van der Waals surface area contributed by atoms with Crippen molar-refractivity contribution in [3.05, 3.63) is 29.3 Å². The van der Waals surface area contributed by atoms with Gasteiger partial charge in [0, 0.05) is 11.1 Å². The summed E-state index contributed by atoms with van der Waals surface area (Å²) in [5.41, 5.74) is 8.09. The highest BCUT2D eigenvalue weighted by molar-refractivity contribution is 5.47. The summed E-state index contributed by atoms with van der Waals surface area (Å²) in [6, 6.07) is 6.03. The van der Waals surface area contributed by atoms with Gasteiger partial charge in [-0.2, -0.15) is 0 Å². The van der Waals surface area contributed by atoms with Crippen LogP contribution in [0.2, 0.25) is 0 Å². The molecule has 0 spiro atoms. The first-order chi connectivity index (χ1) is 8.34. The van der Waals surface area contributed by atoms with Gasteiger partial charge in [-0.05, 0) is 23.8 Å². The van der Waals surface area contributed by atoms with Crippen LogP contribution in [0, 0.1) is 0 Å². The SMILES string of the molecule is CC(C)(C)c1cccc(C2(N)CCCCC2)c1O. The second-order valence-corrected chi connectivity index (χ2v) is 6.67. The summed E-state index contributed by atoms with van der Waals surface area (Å²) in [7, 11) is 0. The van der Waals surface area contributed by atoms with E-state index in [1.165, 1.54) is 6.42 Å². The first kappa shape index (κ1) is 13.4. The van der Waals surface area contributed by atoms with Crippen molar-refractivity contribution in [1.29, 1.82) is 0 Å². The molecule has 1 fully saturated rings. The third kappa shape index (κ3) is 2.39. The lowest BCUT2D eigenvalue weighted by molar-refractivity contribution is 0.290. The van der Waals surface area contributed by atoms with Crippen LogP contribution in [0.15, 0.2) is 18.2 Å². The number of nitrogens with two attached hydrogens (primary N) is 1. The second kappa shape index (κ2) is 4.58. The van der Waals surface area contributed by atoms with Gasteiger partial charge in [0.05, 0.1) is 0 Å². The first-order valence-electron chi connectivity index (χ1n) is 6.96. The van der Waals surface area contributed by atoms with Crippen molar-refractivity contribution in [1.82, 2.24) is 0 Å². The Balaban J connectivity index is 2.45. The summed E-state index contributed by atoms with van der Waals surface area (Å²) in [4.78, 5) is 0. The fraction of sp³-hybridized carbons (Fsp3) is 0.625. The van der Waals surface area contributed by atoms with Crippen LogP contribution >= 0.6 is 0 Å². The van der Waals surface area contributed by atoms with Gasteiger partial charge >= 0.3 is 0 Å². The monoisotopic (exact) mass is 247 g/mol. The van der Waals surface area contributed by atoms with Crippen molar-refractivity contribution >= 4 is 0 Å². The summed E-state index contributed by atoms with van der Waals surface area (Å²) in [5.74, 6) is 0.411. The molecule has 2 heteroatoms. The molecule has 1 aliphatic carbocycles. The molecule has 0 aliphatic heterocycles. The summed E-state index contributed by atoms with van der Waals surface area (Å²) < 4.78 is 0. The average molecular weight is 247 g/mol. The Hall–Kier alpha value is -1.02. The molecule has 100 valence electrons. The molecule has 0 aromatic heterocycles.